The van der Waals surface area contributed by atoms with Gasteiger partial charge in [-0.3, -0.25) is 0 Å². The Hall–Kier alpha value is -1.91. The van der Waals surface area contributed by atoms with Gasteiger partial charge in [-0.2, -0.15) is 13.2 Å². The van der Waals surface area contributed by atoms with Crippen molar-refractivity contribution >= 4 is 34.1 Å². The summed E-state index contributed by atoms with van der Waals surface area (Å²) in [4.78, 5) is 31.9. The van der Waals surface area contributed by atoms with Crippen LogP contribution in [-0.2, 0) is 15.7 Å². The second kappa shape index (κ2) is 7.37. The molecular weight excluding hydrogens is 423 g/mol. The van der Waals surface area contributed by atoms with Crippen LogP contribution in [0.2, 0.25) is 0 Å². The molecule has 0 spiro atoms. The number of imide groups is 1. The normalized spacial score (nSPS) is 12.5. The molecule has 0 saturated heterocycles. The monoisotopic (exact) mass is 441 g/mol. The van der Waals surface area contributed by atoms with Crippen molar-refractivity contribution in [3.63, 3.8) is 0 Å². The van der Waals surface area contributed by atoms with Crippen LogP contribution in [0.3, 0.4) is 0 Å². The molecule has 0 aliphatic heterocycles. The molecule has 1 aromatic rings. The van der Waals surface area contributed by atoms with Crippen LogP contribution in [0.15, 0.2) is 10.7 Å². The van der Waals surface area contributed by atoms with Crippen LogP contribution in [0.25, 0.3) is 0 Å². The minimum atomic E-state index is -4.83. The van der Waals surface area contributed by atoms with Crippen molar-refractivity contribution in [2.24, 2.45) is 0 Å². The predicted octanol–water partition coefficient (Wildman–Crippen LogP) is 4.93. The molecule has 1 rings (SSSR count). The number of nitrogens with zero attached hydrogens (tertiary/aromatic N) is 3. The molecule has 0 atom stereocenters. The largest absolute Gasteiger partial charge is 0.443 e. The topological polar surface area (TPSA) is 81.6 Å². The average molecular weight is 442 g/mol. The highest BCUT2D eigenvalue weighted by Gasteiger charge is 2.39. The molecule has 11 heteroatoms. The number of ether oxygens (including phenoxy) is 2. The Bertz CT molecular complexity index is 669. The lowest BCUT2D eigenvalue weighted by Gasteiger charge is -2.27. The standard InChI is InChI=1S/C15H19BrF3N3O4/c1-13(2,3)25-11(23)22(12(24)26-14(4,5)6)10-20-7-8(16)9(21-10)15(17,18)19/h7H,1-6H3. The molecular formula is C15H19BrF3N3O4. The summed E-state index contributed by atoms with van der Waals surface area (Å²) in [5, 5.41) is 0. The van der Waals surface area contributed by atoms with E-state index in [2.05, 4.69) is 25.9 Å². The number of alkyl halides is 3. The molecule has 0 aromatic carbocycles. The molecule has 0 fully saturated rings. The predicted molar refractivity (Wildman–Crippen MR) is 89.7 cm³/mol. The molecule has 0 radical (unpaired) electrons. The molecule has 7 nitrogen and oxygen atoms in total. The summed E-state index contributed by atoms with van der Waals surface area (Å²) >= 11 is 2.69. The van der Waals surface area contributed by atoms with Gasteiger partial charge in [-0.05, 0) is 57.5 Å². The van der Waals surface area contributed by atoms with Crippen LogP contribution < -0.4 is 4.90 Å². The van der Waals surface area contributed by atoms with Gasteiger partial charge >= 0.3 is 18.4 Å². The zero-order valence-electron chi connectivity index (χ0n) is 15.1. The lowest BCUT2D eigenvalue weighted by molar-refractivity contribution is -0.141. The van der Waals surface area contributed by atoms with Gasteiger partial charge < -0.3 is 9.47 Å². The van der Waals surface area contributed by atoms with Crippen molar-refractivity contribution in [3.8, 4) is 0 Å². The van der Waals surface area contributed by atoms with E-state index in [1.807, 2.05) is 0 Å². The summed E-state index contributed by atoms with van der Waals surface area (Å²) in [6.45, 7) is 9.18. The van der Waals surface area contributed by atoms with Gasteiger partial charge in [0.05, 0.1) is 4.47 Å². The molecule has 0 N–H and O–H groups in total. The first-order valence-corrected chi connectivity index (χ1v) is 8.16. The molecule has 0 saturated carbocycles. The van der Waals surface area contributed by atoms with Crippen molar-refractivity contribution in [3.05, 3.63) is 16.4 Å². The first kappa shape index (κ1) is 22.1. The number of carbonyl (C=O) groups is 2. The van der Waals surface area contributed by atoms with Gasteiger partial charge in [-0.1, -0.05) is 0 Å². The second-order valence-corrected chi connectivity index (χ2v) is 8.01. The van der Waals surface area contributed by atoms with E-state index in [9.17, 15) is 22.8 Å². The van der Waals surface area contributed by atoms with E-state index >= 15 is 0 Å². The third kappa shape index (κ3) is 6.43. The summed E-state index contributed by atoms with van der Waals surface area (Å²) < 4.78 is 48.9. The highest BCUT2D eigenvalue weighted by atomic mass is 79.9. The van der Waals surface area contributed by atoms with Crippen LogP contribution in [0, 0.1) is 0 Å². The highest BCUT2D eigenvalue weighted by molar-refractivity contribution is 9.10. The fourth-order valence-electron chi connectivity index (χ4n) is 1.52. The molecule has 0 bridgehead atoms. The molecule has 0 aliphatic rings. The lowest BCUT2D eigenvalue weighted by atomic mass is 10.2. The molecule has 0 aliphatic carbocycles. The van der Waals surface area contributed by atoms with E-state index in [1.165, 1.54) is 41.5 Å². The van der Waals surface area contributed by atoms with E-state index in [4.69, 9.17) is 9.47 Å². The van der Waals surface area contributed by atoms with Gasteiger partial charge in [-0.25, -0.2) is 19.6 Å². The molecule has 1 aromatic heterocycles. The summed E-state index contributed by atoms with van der Waals surface area (Å²) in [5.74, 6) is -0.816. The smallest absolute Gasteiger partial charge is 0.434 e. The number of halogens is 4. The number of anilines is 1. The minimum Gasteiger partial charge on any atom is -0.443 e. The summed E-state index contributed by atoms with van der Waals surface area (Å²) in [6.07, 6.45) is -6.57. The fraction of sp³-hybridized carbons (Fsp3) is 0.600. The van der Waals surface area contributed by atoms with E-state index in [0.717, 1.165) is 6.20 Å². The van der Waals surface area contributed by atoms with E-state index < -0.39 is 45.7 Å². The molecule has 2 amide bonds. The van der Waals surface area contributed by atoms with Gasteiger partial charge in [0.2, 0.25) is 5.95 Å². The second-order valence-electron chi connectivity index (χ2n) is 7.16. The minimum absolute atomic E-state index is 0.220. The van der Waals surface area contributed by atoms with Crippen molar-refractivity contribution in [1.29, 1.82) is 0 Å². The third-order valence-corrected chi connectivity index (χ3v) is 2.93. The van der Waals surface area contributed by atoms with Crippen LogP contribution in [0.1, 0.15) is 47.2 Å². The van der Waals surface area contributed by atoms with Crippen molar-refractivity contribution in [1.82, 2.24) is 9.97 Å². The lowest BCUT2D eigenvalue weighted by Crippen LogP contribution is -2.44. The van der Waals surface area contributed by atoms with Gasteiger partial charge in [0.25, 0.3) is 0 Å². The number of hydrogen-bond acceptors (Lipinski definition) is 6. The fourth-order valence-corrected chi connectivity index (χ4v) is 1.93. The van der Waals surface area contributed by atoms with Crippen molar-refractivity contribution in [2.45, 2.75) is 58.9 Å². The molecule has 1 heterocycles. The third-order valence-electron chi connectivity index (χ3n) is 2.35. The number of carbonyl (C=O) groups excluding carboxylic acids is 2. The summed E-state index contributed by atoms with van der Waals surface area (Å²) in [7, 11) is 0. The Kier molecular flexibility index (Phi) is 6.28. The molecule has 0 unspecified atom stereocenters. The van der Waals surface area contributed by atoms with E-state index in [0.29, 0.717) is 0 Å². The maximum Gasteiger partial charge on any atom is 0.434 e. The van der Waals surface area contributed by atoms with Crippen molar-refractivity contribution < 1.29 is 32.2 Å². The van der Waals surface area contributed by atoms with E-state index in [1.54, 1.807) is 0 Å². The maximum atomic E-state index is 13.1. The Morgan fingerprint density at radius 1 is 1.00 bits per heavy atom. The van der Waals surface area contributed by atoms with Crippen LogP contribution >= 0.6 is 15.9 Å². The van der Waals surface area contributed by atoms with Gasteiger partial charge in [0, 0.05) is 6.20 Å². The average Bonchev–Trinajstić information content (AvgIpc) is 2.35. The molecule has 26 heavy (non-hydrogen) atoms. The Morgan fingerprint density at radius 3 is 1.77 bits per heavy atom. The van der Waals surface area contributed by atoms with Crippen LogP contribution in [0.4, 0.5) is 28.7 Å². The summed E-state index contributed by atoms with van der Waals surface area (Å²) in [5.41, 5.74) is -3.38. The SMILES string of the molecule is CC(C)(C)OC(=O)N(C(=O)OC(C)(C)C)c1ncc(Br)c(C(F)(F)F)n1. The number of amides is 2. The zero-order chi connectivity index (χ0) is 20.5. The number of hydrogen-bond donors (Lipinski definition) is 0. The molecule has 146 valence electrons. The Morgan fingerprint density at radius 2 is 1.42 bits per heavy atom. The summed E-state index contributed by atoms with van der Waals surface area (Å²) in [6, 6.07) is 0. The Labute approximate surface area is 157 Å². The van der Waals surface area contributed by atoms with E-state index in [-0.39, 0.29) is 4.90 Å². The quantitative estimate of drug-likeness (QED) is 0.613. The zero-order valence-corrected chi connectivity index (χ0v) is 16.6. The first-order chi connectivity index (χ1) is 11.5. The number of rotatable bonds is 1. The van der Waals surface area contributed by atoms with Gasteiger partial charge in [0.1, 0.15) is 11.2 Å². The maximum absolute atomic E-state index is 13.1. The van der Waals surface area contributed by atoms with Gasteiger partial charge in [0.15, 0.2) is 5.69 Å². The highest BCUT2D eigenvalue weighted by Crippen LogP contribution is 2.34. The first-order valence-electron chi connectivity index (χ1n) is 7.37. The van der Waals surface area contributed by atoms with Crippen LogP contribution in [-0.4, -0.2) is 33.4 Å². The van der Waals surface area contributed by atoms with Crippen LogP contribution in [0.5, 0.6) is 0 Å². The Balaban J connectivity index is 3.41. The van der Waals surface area contributed by atoms with Gasteiger partial charge in [-0.15, -0.1) is 4.90 Å². The number of aromatic nitrogens is 2. The van der Waals surface area contributed by atoms with Crippen molar-refractivity contribution in [2.75, 3.05) is 4.90 Å².